The maximum atomic E-state index is 12.0. The van der Waals surface area contributed by atoms with Crippen molar-refractivity contribution in [1.29, 1.82) is 0 Å². The molecular weight excluding hydrogens is 406 g/mol. The Morgan fingerprint density at radius 3 is 2.38 bits per heavy atom. The van der Waals surface area contributed by atoms with Gasteiger partial charge >= 0.3 is 5.97 Å². The molecule has 6 heteroatoms. The summed E-state index contributed by atoms with van der Waals surface area (Å²) in [6.45, 7) is 6.83. The minimum atomic E-state index is -1.01. The summed E-state index contributed by atoms with van der Waals surface area (Å²) in [5, 5.41) is 32.6. The van der Waals surface area contributed by atoms with Gasteiger partial charge < -0.3 is 20.6 Å². The standard InChI is InChI=1S/C26H43NO5/c1-15(4-7-23(30)27-14-24(31)32)18-5-6-19-17-13-22(29)21-12-16(28)8-10-26(21,3)20(17)9-11-25(18,19)2/h15-22,28-29H,4-14H2,1-3H3,(H,27,30)(H,31,32)/t15-,16-,17?,18-,19?,20?,21?,22+,25-,26-/m1/s1. The van der Waals surface area contributed by atoms with Crippen LogP contribution in [0.4, 0.5) is 0 Å². The normalized spacial score (nSPS) is 46.5. The zero-order chi connectivity index (χ0) is 23.3. The van der Waals surface area contributed by atoms with Gasteiger partial charge in [-0.3, -0.25) is 9.59 Å². The molecule has 4 N–H and O–H groups in total. The SMILES string of the molecule is C[C@H](CCC(=O)NCC(=O)O)[C@H]1CCC2C3C[C@H](O)C4C[C@H](O)CC[C@]4(C)C3CC[C@@]21C. The fourth-order valence-corrected chi connectivity index (χ4v) is 9.08. The van der Waals surface area contributed by atoms with E-state index in [9.17, 15) is 19.8 Å². The molecule has 0 radical (unpaired) electrons. The summed E-state index contributed by atoms with van der Waals surface area (Å²) in [5.41, 5.74) is 0.407. The molecule has 182 valence electrons. The van der Waals surface area contributed by atoms with E-state index in [0.717, 1.165) is 32.1 Å². The molecule has 0 saturated heterocycles. The number of fused-ring (bicyclic) bond motifs is 5. The van der Waals surface area contributed by atoms with Crippen LogP contribution in [-0.4, -0.2) is 45.9 Å². The second-order valence-electron chi connectivity index (χ2n) is 12.1. The van der Waals surface area contributed by atoms with E-state index >= 15 is 0 Å². The van der Waals surface area contributed by atoms with Crippen LogP contribution in [0.15, 0.2) is 0 Å². The smallest absolute Gasteiger partial charge is 0.322 e. The van der Waals surface area contributed by atoms with Gasteiger partial charge in [-0.2, -0.15) is 0 Å². The molecule has 4 aliphatic rings. The number of amides is 1. The van der Waals surface area contributed by atoms with E-state index in [1.807, 2.05) is 0 Å². The molecule has 0 aliphatic heterocycles. The van der Waals surface area contributed by atoms with Gasteiger partial charge in [0.1, 0.15) is 6.54 Å². The Morgan fingerprint density at radius 2 is 1.66 bits per heavy atom. The Labute approximate surface area is 192 Å². The Kier molecular flexibility index (Phi) is 6.68. The van der Waals surface area contributed by atoms with E-state index < -0.39 is 5.97 Å². The van der Waals surface area contributed by atoms with Crippen LogP contribution in [0.3, 0.4) is 0 Å². The van der Waals surface area contributed by atoms with E-state index in [-0.39, 0.29) is 41.4 Å². The van der Waals surface area contributed by atoms with Crippen LogP contribution in [0.5, 0.6) is 0 Å². The summed E-state index contributed by atoms with van der Waals surface area (Å²) in [7, 11) is 0. The Bertz CT molecular complexity index is 727. The molecular formula is C26H43NO5. The summed E-state index contributed by atoms with van der Waals surface area (Å²) in [6, 6.07) is 0. The number of aliphatic hydroxyl groups is 2. The first-order valence-corrected chi connectivity index (χ1v) is 12.9. The average Bonchev–Trinajstić information content (AvgIpc) is 3.09. The van der Waals surface area contributed by atoms with Crippen molar-refractivity contribution in [2.45, 2.75) is 97.2 Å². The molecule has 0 bridgehead atoms. The molecule has 4 unspecified atom stereocenters. The quantitative estimate of drug-likeness (QED) is 0.496. The number of carbonyl (C=O) groups excluding carboxylic acids is 1. The van der Waals surface area contributed by atoms with E-state index in [1.54, 1.807) is 0 Å². The number of carbonyl (C=O) groups is 2. The first kappa shape index (κ1) is 24.0. The van der Waals surface area contributed by atoms with Crippen molar-refractivity contribution < 1.29 is 24.9 Å². The molecule has 4 aliphatic carbocycles. The third-order valence-electron chi connectivity index (χ3n) is 10.7. The zero-order valence-corrected chi connectivity index (χ0v) is 20.1. The van der Waals surface area contributed by atoms with E-state index in [1.165, 1.54) is 25.7 Å². The van der Waals surface area contributed by atoms with Gasteiger partial charge in [-0.1, -0.05) is 20.8 Å². The lowest BCUT2D eigenvalue weighted by molar-refractivity contribution is -0.172. The highest BCUT2D eigenvalue weighted by molar-refractivity contribution is 5.81. The van der Waals surface area contributed by atoms with Crippen LogP contribution < -0.4 is 5.32 Å². The van der Waals surface area contributed by atoms with Gasteiger partial charge in [0.15, 0.2) is 0 Å². The predicted molar refractivity (Wildman–Crippen MR) is 122 cm³/mol. The van der Waals surface area contributed by atoms with Crippen molar-refractivity contribution >= 4 is 11.9 Å². The highest BCUT2D eigenvalue weighted by Crippen LogP contribution is 2.68. The molecule has 1 amide bonds. The van der Waals surface area contributed by atoms with Crippen LogP contribution in [0.25, 0.3) is 0 Å². The molecule has 0 aromatic rings. The van der Waals surface area contributed by atoms with Crippen LogP contribution in [0, 0.1) is 46.3 Å². The van der Waals surface area contributed by atoms with Crippen molar-refractivity contribution in [3.63, 3.8) is 0 Å². The van der Waals surface area contributed by atoms with Gasteiger partial charge in [0, 0.05) is 6.42 Å². The minimum absolute atomic E-state index is 0.148. The number of nitrogens with one attached hydrogen (secondary N) is 1. The fraction of sp³-hybridized carbons (Fsp3) is 0.923. The van der Waals surface area contributed by atoms with Gasteiger partial charge in [-0.25, -0.2) is 0 Å². The highest BCUT2D eigenvalue weighted by atomic mass is 16.4. The summed E-state index contributed by atoms with van der Waals surface area (Å²) in [5.74, 6) is 1.92. The zero-order valence-electron chi connectivity index (χ0n) is 20.1. The van der Waals surface area contributed by atoms with E-state index in [0.29, 0.717) is 36.0 Å². The number of rotatable bonds is 6. The molecule has 4 rings (SSSR count). The number of hydrogen-bond acceptors (Lipinski definition) is 4. The number of aliphatic carboxylic acids is 1. The first-order chi connectivity index (χ1) is 15.1. The Balaban J connectivity index is 1.43. The summed E-state index contributed by atoms with van der Waals surface area (Å²) in [4.78, 5) is 22.7. The summed E-state index contributed by atoms with van der Waals surface area (Å²) in [6.07, 6.45) is 9.03. The van der Waals surface area contributed by atoms with Crippen LogP contribution in [-0.2, 0) is 9.59 Å². The molecule has 4 fully saturated rings. The van der Waals surface area contributed by atoms with Crippen LogP contribution >= 0.6 is 0 Å². The molecule has 0 aromatic carbocycles. The van der Waals surface area contributed by atoms with Gasteiger partial charge in [0.2, 0.25) is 5.91 Å². The third-order valence-corrected chi connectivity index (χ3v) is 10.7. The number of carboxylic acid groups (broad SMARTS) is 1. The maximum Gasteiger partial charge on any atom is 0.322 e. The number of aliphatic hydroxyl groups excluding tert-OH is 2. The van der Waals surface area contributed by atoms with Crippen molar-refractivity contribution in [2.75, 3.05) is 6.54 Å². The molecule has 0 spiro atoms. The predicted octanol–water partition coefficient (Wildman–Crippen LogP) is 3.59. The fourth-order valence-electron chi connectivity index (χ4n) is 9.08. The second kappa shape index (κ2) is 8.90. The maximum absolute atomic E-state index is 12.0. The van der Waals surface area contributed by atoms with Crippen molar-refractivity contribution in [2.24, 2.45) is 46.3 Å². The molecule has 4 saturated carbocycles. The van der Waals surface area contributed by atoms with Crippen LogP contribution in [0.1, 0.15) is 85.0 Å². The number of hydrogen-bond donors (Lipinski definition) is 4. The van der Waals surface area contributed by atoms with Gasteiger partial charge in [0.05, 0.1) is 12.2 Å². The Morgan fingerprint density at radius 1 is 0.969 bits per heavy atom. The van der Waals surface area contributed by atoms with Gasteiger partial charge in [-0.15, -0.1) is 0 Å². The Hall–Kier alpha value is -1.14. The van der Waals surface area contributed by atoms with E-state index in [2.05, 4.69) is 26.1 Å². The molecule has 6 nitrogen and oxygen atoms in total. The van der Waals surface area contributed by atoms with Crippen molar-refractivity contribution in [1.82, 2.24) is 5.32 Å². The van der Waals surface area contributed by atoms with E-state index in [4.69, 9.17) is 5.11 Å². The summed E-state index contributed by atoms with van der Waals surface area (Å²) >= 11 is 0. The number of carboxylic acids is 1. The molecule has 32 heavy (non-hydrogen) atoms. The summed E-state index contributed by atoms with van der Waals surface area (Å²) < 4.78 is 0. The average molecular weight is 450 g/mol. The van der Waals surface area contributed by atoms with Gasteiger partial charge in [0.25, 0.3) is 0 Å². The molecule has 10 atom stereocenters. The molecule has 0 aromatic heterocycles. The first-order valence-electron chi connectivity index (χ1n) is 12.9. The van der Waals surface area contributed by atoms with Crippen molar-refractivity contribution in [3.8, 4) is 0 Å². The lowest BCUT2D eigenvalue weighted by atomic mass is 9.44. The van der Waals surface area contributed by atoms with Gasteiger partial charge in [-0.05, 0) is 104 Å². The lowest BCUT2D eigenvalue weighted by Gasteiger charge is -2.62. The monoisotopic (exact) mass is 449 g/mol. The topological polar surface area (TPSA) is 107 Å². The third kappa shape index (κ3) is 4.11. The molecule has 0 heterocycles. The van der Waals surface area contributed by atoms with Crippen molar-refractivity contribution in [3.05, 3.63) is 0 Å². The largest absolute Gasteiger partial charge is 0.480 e. The highest BCUT2D eigenvalue weighted by Gasteiger charge is 2.62. The lowest BCUT2D eigenvalue weighted by Crippen LogP contribution is -2.58. The van der Waals surface area contributed by atoms with Crippen LogP contribution in [0.2, 0.25) is 0 Å². The minimum Gasteiger partial charge on any atom is -0.480 e. The second-order valence-corrected chi connectivity index (χ2v) is 12.1.